The standard InChI is InChI=1S/C45H39N/c1-43(2)37-16-10-7-13-31(37)34-25-28(19-22-40(34)43)46(29-20-23-41-35(26-29)32-14-8-11-17-38(32)44(41,3)4)30-21-24-42-36(27-30)33-15-9-12-18-39(33)45(42,5)6/h7-27H,1-6H3. The lowest BCUT2D eigenvalue weighted by Gasteiger charge is -2.29. The van der Waals surface area contributed by atoms with Crippen LogP contribution in [0.4, 0.5) is 17.1 Å². The van der Waals surface area contributed by atoms with Crippen LogP contribution in [-0.2, 0) is 16.2 Å². The summed E-state index contributed by atoms with van der Waals surface area (Å²) >= 11 is 0. The van der Waals surface area contributed by atoms with Gasteiger partial charge in [0.1, 0.15) is 0 Å². The average molecular weight is 594 g/mol. The van der Waals surface area contributed by atoms with Crippen molar-refractivity contribution in [2.75, 3.05) is 4.90 Å². The highest BCUT2D eigenvalue weighted by atomic mass is 15.1. The van der Waals surface area contributed by atoms with Crippen LogP contribution in [0.3, 0.4) is 0 Å². The van der Waals surface area contributed by atoms with E-state index in [0.29, 0.717) is 0 Å². The van der Waals surface area contributed by atoms with Crippen molar-refractivity contribution in [2.24, 2.45) is 0 Å². The largest absolute Gasteiger partial charge is 0.310 e. The van der Waals surface area contributed by atoms with Crippen molar-refractivity contribution in [3.8, 4) is 33.4 Å². The fourth-order valence-electron chi connectivity index (χ4n) is 8.99. The molecule has 0 heterocycles. The third-order valence-electron chi connectivity index (χ3n) is 11.5. The highest BCUT2D eigenvalue weighted by Crippen LogP contribution is 2.54. The molecule has 224 valence electrons. The minimum Gasteiger partial charge on any atom is -0.310 e. The molecule has 46 heavy (non-hydrogen) atoms. The monoisotopic (exact) mass is 593 g/mol. The Morgan fingerprint density at radius 1 is 0.304 bits per heavy atom. The van der Waals surface area contributed by atoms with Gasteiger partial charge in [0.15, 0.2) is 0 Å². The molecule has 1 nitrogen and oxygen atoms in total. The molecule has 0 spiro atoms. The first kappa shape index (κ1) is 27.4. The molecule has 0 amide bonds. The molecule has 3 aliphatic rings. The van der Waals surface area contributed by atoms with Crippen LogP contribution in [0.1, 0.15) is 74.9 Å². The summed E-state index contributed by atoms with van der Waals surface area (Å²) in [6.45, 7) is 14.1. The quantitative estimate of drug-likeness (QED) is 0.197. The van der Waals surface area contributed by atoms with Crippen LogP contribution in [-0.4, -0.2) is 0 Å². The molecule has 1 heteroatoms. The van der Waals surface area contributed by atoms with Gasteiger partial charge in [-0.15, -0.1) is 0 Å². The third-order valence-corrected chi connectivity index (χ3v) is 11.5. The molecular weight excluding hydrogens is 555 g/mol. The smallest absolute Gasteiger partial charge is 0.0468 e. The minimum absolute atomic E-state index is 0.0268. The molecule has 3 aliphatic carbocycles. The van der Waals surface area contributed by atoms with Gasteiger partial charge in [0, 0.05) is 33.3 Å². The first-order valence-electron chi connectivity index (χ1n) is 16.6. The molecule has 0 radical (unpaired) electrons. The Morgan fingerprint density at radius 2 is 0.565 bits per heavy atom. The van der Waals surface area contributed by atoms with Gasteiger partial charge >= 0.3 is 0 Å². The Morgan fingerprint density at radius 3 is 0.870 bits per heavy atom. The summed E-state index contributed by atoms with van der Waals surface area (Å²) in [5.41, 5.74) is 19.9. The SMILES string of the molecule is CC1(C)c2ccccc2-c2cc(N(c3ccc4c(c3)-c3ccccc3C4(C)C)c3ccc4c(c3)-c3ccccc3C4(C)C)ccc21. The zero-order valence-electron chi connectivity index (χ0n) is 27.6. The van der Waals surface area contributed by atoms with Gasteiger partial charge in [-0.05, 0) is 103 Å². The van der Waals surface area contributed by atoms with Crippen LogP contribution >= 0.6 is 0 Å². The highest BCUT2D eigenvalue weighted by molar-refractivity contribution is 5.91. The Kier molecular flexibility index (Phi) is 5.43. The lowest BCUT2D eigenvalue weighted by molar-refractivity contribution is 0.660. The molecule has 0 bridgehead atoms. The molecule has 0 atom stereocenters. The van der Waals surface area contributed by atoms with E-state index < -0.39 is 0 Å². The normalized spacial score (nSPS) is 16.6. The average Bonchev–Trinajstić information content (AvgIpc) is 3.54. The molecule has 0 aliphatic heterocycles. The molecule has 0 saturated carbocycles. The minimum atomic E-state index is -0.0268. The summed E-state index contributed by atoms with van der Waals surface area (Å²) in [5.74, 6) is 0. The first-order chi connectivity index (χ1) is 22.1. The second kappa shape index (κ2) is 9.10. The third kappa shape index (κ3) is 3.52. The van der Waals surface area contributed by atoms with Crippen molar-refractivity contribution >= 4 is 17.1 Å². The van der Waals surface area contributed by atoms with E-state index in [-0.39, 0.29) is 16.2 Å². The summed E-state index contributed by atoms with van der Waals surface area (Å²) in [4.78, 5) is 2.48. The topological polar surface area (TPSA) is 3.24 Å². The van der Waals surface area contributed by atoms with Crippen LogP contribution in [0, 0.1) is 0 Å². The molecule has 6 aromatic rings. The number of hydrogen-bond donors (Lipinski definition) is 0. The van der Waals surface area contributed by atoms with E-state index >= 15 is 0 Å². The van der Waals surface area contributed by atoms with Gasteiger partial charge in [0.05, 0.1) is 0 Å². The predicted molar refractivity (Wildman–Crippen MR) is 194 cm³/mol. The van der Waals surface area contributed by atoms with Gasteiger partial charge in [-0.25, -0.2) is 0 Å². The zero-order valence-corrected chi connectivity index (χ0v) is 27.6. The van der Waals surface area contributed by atoms with Crippen molar-refractivity contribution in [3.05, 3.63) is 161 Å². The lowest BCUT2D eigenvalue weighted by atomic mass is 9.82. The van der Waals surface area contributed by atoms with Gasteiger partial charge in [-0.1, -0.05) is 133 Å². The Labute approximate surface area is 273 Å². The van der Waals surface area contributed by atoms with Crippen LogP contribution in [0.25, 0.3) is 33.4 Å². The maximum Gasteiger partial charge on any atom is 0.0468 e. The first-order valence-corrected chi connectivity index (χ1v) is 16.6. The maximum absolute atomic E-state index is 2.48. The predicted octanol–water partition coefficient (Wildman–Crippen LogP) is 12.1. The molecular formula is C45H39N. The van der Waals surface area contributed by atoms with Crippen LogP contribution in [0.15, 0.2) is 127 Å². The van der Waals surface area contributed by atoms with E-state index in [1.807, 2.05) is 0 Å². The summed E-state index contributed by atoms with van der Waals surface area (Å²) < 4.78 is 0. The highest BCUT2D eigenvalue weighted by Gasteiger charge is 2.39. The van der Waals surface area contributed by atoms with E-state index in [1.165, 1.54) is 83.8 Å². The Balaban J connectivity index is 1.28. The molecule has 9 rings (SSSR count). The van der Waals surface area contributed by atoms with Gasteiger partial charge in [-0.2, -0.15) is 0 Å². The van der Waals surface area contributed by atoms with Crippen molar-refractivity contribution in [3.63, 3.8) is 0 Å². The number of anilines is 3. The van der Waals surface area contributed by atoms with Gasteiger partial charge in [0.2, 0.25) is 0 Å². The van der Waals surface area contributed by atoms with Crippen molar-refractivity contribution in [1.29, 1.82) is 0 Å². The molecule has 0 saturated heterocycles. The van der Waals surface area contributed by atoms with E-state index in [4.69, 9.17) is 0 Å². The summed E-state index contributed by atoms with van der Waals surface area (Å²) in [6, 6.07) is 48.2. The number of hydrogen-bond acceptors (Lipinski definition) is 1. The van der Waals surface area contributed by atoms with Gasteiger partial charge in [-0.3, -0.25) is 0 Å². The Bertz CT molecular complexity index is 1990. The summed E-state index contributed by atoms with van der Waals surface area (Å²) in [7, 11) is 0. The van der Waals surface area contributed by atoms with E-state index in [1.54, 1.807) is 0 Å². The molecule has 0 unspecified atom stereocenters. The number of benzene rings is 6. The van der Waals surface area contributed by atoms with Crippen LogP contribution < -0.4 is 4.90 Å². The van der Waals surface area contributed by atoms with E-state index in [2.05, 4.69) is 174 Å². The Hall–Kier alpha value is -4.88. The maximum atomic E-state index is 2.48. The van der Waals surface area contributed by atoms with Gasteiger partial charge < -0.3 is 4.90 Å². The van der Waals surface area contributed by atoms with Crippen molar-refractivity contribution in [1.82, 2.24) is 0 Å². The summed E-state index contributed by atoms with van der Waals surface area (Å²) in [6.07, 6.45) is 0. The van der Waals surface area contributed by atoms with Crippen molar-refractivity contribution in [2.45, 2.75) is 57.8 Å². The second-order valence-electron chi connectivity index (χ2n) is 15.0. The van der Waals surface area contributed by atoms with Crippen LogP contribution in [0.5, 0.6) is 0 Å². The molecule has 6 aromatic carbocycles. The number of nitrogens with zero attached hydrogens (tertiary/aromatic N) is 1. The van der Waals surface area contributed by atoms with Crippen LogP contribution in [0.2, 0.25) is 0 Å². The molecule has 0 fully saturated rings. The second-order valence-corrected chi connectivity index (χ2v) is 15.0. The number of fused-ring (bicyclic) bond motifs is 9. The fourth-order valence-corrected chi connectivity index (χ4v) is 8.99. The van der Waals surface area contributed by atoms with Gasteiger partial charge in [0.25, 0.3) is 0 Å². The lowest BCUT2D eigenvalue weighted by Crippen LogP contribution is -2.16. The fraction of sp³-hybridized carbons (Fsp3) is 0.200. The van der Waals surface area contributed by atoms with E-state index in [9.17, 15) is 0 Å². The van der Waals surface area contributed by atoms with E-state index in [0.717, 1.165) is 0 Å². The van der Waals surface area contributed by atoms with Crippen molar-refractivity contribution < 1.29 is 0 Å². The summed E-state index contributed by atoms with van der Waals surface area (Å²) in [5, 5.41) is 0. The zero-order chi connectivity index (χ0) is 31.6. The number of rotatable bonds is 3. The molecule has 0 aromatic heterocycles. The molecule has 0 N–H and O–H groups in total.